The molecular weight excluding hydrogens is 326 g/mol. The Morgan fingerprint density at radius 3 is 2.42 bits per heavy atom. The largest absolute Gasteiger partial charge is 0.489 e. The molecule has 5 heteroatoms. The molecule has 0 spiro atoms. The summed E-state index contributed by atoms with van der Waals surface area (Å²) in [6.07, 6.45) is 0. The van der Waals surface area contributed by atoms with E-state index in [4.69, 9.17) is 10.00 Å². The van der Waals surface area contributed by atoms with Crippen LogP contribution in [0.3, 0.4) is 0 Å². The Balaban J connectivity index is 1.58. The third kappa shape index (κ3) is 4.22. The zero-order valence-corrected chi connectivity index (χ0v) is 15.0. The van der Waals surface area contributed by atoms with Crippen molar-refractivity contribution in [3.8, 4) is 11.8 Å². The molecule has 1 amide bonds. The van der Waals surface area contributed by atoms with Crippen molar-refractivity contribution >= 4 is 5.91 Å². The highest BCUT2D eigenvalue weighted by molar-refractivity contribution is 5.94. The first-order valence-corrected chi connectivity index (χ1v) is 8.93. The van der Waals surface area contributed by atoms with Crippen LogP contribution < -0.4 is 4.74 Å². The lowest BCUT2D eigenvalue weighted by Gasteiger charge is -2.34. The third-order valence-electron chi connectivity index (χ3n) is 4.74. The van der Waals surface area contributed by atoms with E-state index in [0.29, 0.717) is 23.5 Å². The van der Waals surface area contributed by atoms with Crippen molar-refractivity contribution in [3.63, 3.8) is 0 Å². The molecule has 0 radical (unpaired) electrons. The predicted molar refractivity (Wildman–Crippen MR) is 99.9 cm³/mol. The van der Waals surface area contributed by atoms with E-state index in [0.717, 1.165) is 38.3 Å². The molecule has 0 atom stereocenters. The van der Waals surface area contributed by atoms with Crippen molar-refractivity contribution in [1.82, 2.24) is 9.80 Å². The van der Waals surface area contributed by atoms with Gasteiger partial charge in [0.2, 0.25) is 0 Å². The van der Waals surface area contributed by atoms with Crippen LogP contribution in [0.4, 0.5) is 0 Å². The number of nitriles is 1. The molecule has 26 heavy (non-hydrogen) atoms. The summed E-state index contributed by atoms with van der Waals surface area (Å²) in [6, 6.07) is 16.8. The van der Waals surface area contributed by atoms with Gasteiger partial charge in [0.25, 0.3) is 5.91 Å². The number of carbonyl (C=O) groups is 1. The highest BCUT2D eigenvalue weighted by Gasteiger charge is 2.21. The second-order valence-corrected chi connectivity index (χ2v) is 6.31. The molecule has 2 aromatic rings. The minimum absolute atomic E-state index is 0.0714. The molecule has 0 N–H and O–H groups in total. The summed E-state index contributed by atoms with van der Waals surface area (Å²) < 4.78 is 5.76. The molecule has 134 valence electrons. The second-order valence-electron chi connectivity index (χ2n) is 6.31. The number of nitrogens with zero attached hydrogens (tertiary/aromatic N) is 3. The predicted octanol–water partition coefficient (Wildman–Crippen LogP) is 2.91. The van der Waals surface area contributed by atoms with Gasteiger partial charge in [-0.15, -0.1) is 0 Å². The van der Waals surface area contributed by atoms with E-state index < -0.39 is 0 Å². The van der Waals surface area contributed by atoms with E-state index in [9.17, 15) is 4.79 Å². The smallest absolute Gasteiger partial charge is 0.253 e. The summed E-state index contributed by atoms with van der Waals surface area (Å²) in [7, 11) is 0. The van der Waals surface area contributed by atoms with E-state index in [1.54, 1.807) is 18.2 Å². The molecule has 2 aromatic carbocycles. The molecule has 0 aliphatic carbocycles. The monoisotopic (exact) mass is 349 g/mol. The average molecular weight is 349 g/mol. The van der Waals surface area contributed by atoms with Crippen molar-refractivity contribution in [2.45, 2.75) is 13.5 Å². The summed E-state index contributed by atoms with van der Waals surface area (Å²) in [5, 5.41) is 9.12. The fraction of sp³-hybridized carbons (Fsp3) is 0.333. The van der Waals surface area contributed by atoms with Gasteiger partial charge in [-0.05, 0) is 36.9 Å². The lowest BCUT2D eigenvalue weighted by molar-refractivity contribution is 0.0643. The van der Waals surface area contributed by atoms with Crippen LogP contribution in [0.1, 0.15) is 28.4 Å². The number of hydrogen-bond acceptors (Lipinski definition) is 4. The minimum atomic E-state index is 0.0714. The highest BCUT2D eigenvalue weighted by Crippen LogP contribution is 2.17. The quantitative estimate of drug-likeness (QED) is 0.833. The summed E-state index contributed by atoms with van der Waals surface area (Å²) in [6.45, 7) is 6.92. The molecule has 0 unspecified atom stereocenters. The Hall–Kier alpha value is -2.84. The van der Waals surface area contributed by atoms with Crippen molar-refractivity contribution in [2.75, 3.05) is 32.7 Å². The molecule has 1 aliphatic rings. The summed E-state index contributed by atoms with van der Waals surface area (Å²) in [5.74, 6) is 0.757. The molecule has 1 aliphatic heterocycles. The minimum Gasteiger partial charge on any atom is -0.489 e. The maximum atomic E-state index is 12.6. The Kier molecular flexibility index (Phi) is 5.88. The number of likely N-dealkylation sites (N-methyl/N-ethyl adjacent to an activating group) is 1. The molecular formula is C21H23N3O2. The van der Waals surface area contributed by atoms with Crippen molar-refractivity contribution in [1.29, 1.82) is 5.26 Å². The van der Waals surface area contributed by atoms with Crippen LogP contribution in [0.2, 0.25) is 0 Å². The van der Waals surface area contributed by atoms with E-state index in [1.165, 1.54) is 0 Å². The number of rotatable bonds is 5. The second kappa shape index (κ2) is 8.50. The number of carbonyl (C=O) groups excluding carboxylic acids is 1. The molecule has 1 saturated heterocycles. The molecule has 1 heterocycles. The standard InChI is InChI=1S/C21H23N3O2/c1-2-23-11-13-24(14-12-23)21(25)17-7-9-20(10-8-17)26-16-19-6-4-3-5-18(19)15-22/h3-10H,2,11-14,16H2,1H3. The van der Waals surface area contributed by atoms with Crippen molar-refractivity contribution in [2.24, 2.45) is 0 Å². The molecule has 5 nitrogen and oxygen atoms in total. The molecule has 0 saturated carbocycles. The maximum absolute atomic E-state index is 12.6. The summed E-state index contributed by atoms with van der Waals surface area (Å²) in [5.41, 5.74) is 2.15. The van der Waals surface area contributed by atoms with E-state index in [2.05, 4.69) is 17.9 Å². The van der Waals surface area contributed by atoms with Gasteiger partial charge in [-0.2, -0.15) is 5.26 Å². The number of hydrogen-bond donors (Lipinski definition) is 0. The SMILES string of the molecule is CCN1CCN(C(=O)c2ccc(OCc3ccccc3C#N)cc2)CC1. The zero-order chi connectivity index (χ0) is 18.4. The van der Waals surface area contributed by atoms with Gasteiger partial charge in [0, 0.05) is 37.3 Å². The molecule has 0 bridgehead atoms. The van der Waals surface area contributed by atoms with E-state index >= 15 is 0 Å². The van der Waals surface area contributed by atoms with Crippen LogP contribution in [0.25, 0.3) is 0 Å². The van der Waals surface area contributed by atoms with Gasteiger partial charge >= 0.3 is 0 Å². The van der Waals surface area contributed by atoms with Crippen LogP contribution >= 0.6 is 0 Å². The van der Waals surface area contributed by atoms with Gasteiger partial charge < -0.3 is 14.5 Å². The first-order valence-electron chi connectivity index (χ1n) is 8.93. The normalized spacial score (nSPS) is 14.7. The summed E-state index contributed by atoms with van der Waals surface area (Å²) >= 11 is 0. The van der Waals surface area contributed by atoms with Gasteiger partial charge in [0.1, 0.15) is 12.4 Å². The first-order chi connectivity index (χ1) is 12.7. The lowest BCUT2D eigenvalue weighted by Crippen LogP contribution is -2.48. The molecule has 3 rings (SSSR count). The Labute approximate surface area is 154 Å². The fourth-order valence-electron chi connectivity index (χ4n) is 3.06. The number of benzene rings is 2. The summed E-state index contributed by atoms with van der Waals surface area (Å²) in [4.78, 5) is 16.9. The first kappa shape index (κ1) is 18.0. The zero-order valence-electron chi connectivity index (χ0n) is 15.0. The van der Waals surface area contributed by atoms with Crippen LogP contribution in [0.15, 0.2) is 48.5 Å². The van der Waals surface area contributed by atoms with Crippen molar-refractivity contribution < 1.29 is 9.53 Å². The highest BCUT2D eigenvalue weighted by atomic mass is 16.5. The van der Waals surface area contributed by atoms with Crippen LogP contribution in [0.5, 0.6) is 5.75 Å². The van der Waals surface area contributed by atoms with Gasteiger partial charge in [-0.3, -0.25) is 4.79 Å². The topological polar surface area (TPSA) is 56.6 Å². The Bertz CT molecular complexity index is 788. The maximum Gasteiger partial charge on any atom is 0.253 e. The Morgan fingerprint density at radius 2 is 1.77 bits per heavy atom. The van der Waals surface area contributed by atoms with Crippen LogP contribution in [-0.2, 0) is 6.61 Å². The average Bonchev–Trinajstić information content (AvgIpc) is 2.72. The number of ether oxygens (including phenoxy) is 1. The molecule has 1 fully saturated rings. The molecule has 0 aromatic heterocycles. The van der Waals surface area contributed by atoms with Gasteiger partial charge in [0.05, 0.1) is 11.6 Å². The van der Waals surface area contributed by atoms with Gasteiger partial charge in [-0.1, -0.05) is 25.1 Å². The Morgan fingerprint density at radius 1 is 1.08 bits per heavy atom. The van der Waals surface area contributed by atoms with Gasteiger partial charge in [-0.25, -0.2) is 0 Å². The van der Waals surface area contributed by atoms with Crippen LogP contribution in [-0.4, -0.2) is 48.4 Å². The fourth-order valence-corrected chi connectivity index (χ4v) is 3.06. The number of amides is 1. The van der Waals surface area contributed by atoms with E-state index in [-0.39, 0.29) is 5.91 Å². The number of piperazine rings is 1. The van der Waals surface area contributed by atoms with E-state index in [1.807, 2.05) is 35.2 Å². The van der Waals surface area contributed by atoms with Crippen molar-refractivity contribution in [3.05, 3.63) is 65.2 Å². The third-order valence-corrected chi connectivity index (χ3v) is 4.74. The lowest BCUT2D eigenvalue weighted by atomic mass is 10.1. The van der Waals surface area contributed by atoms with Crippen LogP contribution in [0, 0.1) is 11.3 Å². The van der Waals surface area contributed by atoms with Gasteiger partial charge in [0.15, 0.2) is 0 Å².